The number of methoxy groups -OCH3 is 1. The van der Waals surface area contributed by atoms with Crippen LogP contribution in [0.25, 0.3) is 0 Å². The van der Waals surface area contributed by atoms with Crippen molar-refractivity contribution < 1.29 is 19.1 Å². The van der Waals surface area contributed by atoms with Gasteiger partial charge in [0.2, 0.25) is 0 Å². The van der Waals surface area contributed by atoms with Crippen molar-refractivity contribution in [2.75, 3.05) is 33.5 Å². The van der Waals surface area contributed by atoms with E-state index >= 15 is 0 Å². The van der Waals surface area contributed by atoms with Crippen molar-refractivity contribution in [3.63, 3.8) is 0 Å². The van der Waals surface area contributed by atoms with Gasteiger partial charge in [0, 0.05) is 30.9 Å². The van der Waals surface area contributed by atoms with Crippen molar-refractivity contribution in [1.82, 2.24) is 9.80 Å². The molecule has 0 spiro atoms. The number of rotatable bonds is 11. The van der Waals surface area contributed by atoms with Crippen LogP contribution in [0.2, 0.25) is 0 Å². The molecule has 1 aromatic rings. The van der Waals surface area contributed by atoms with Crippen LogP contribution in [0.1, 0.15) is 43.0 Å². The monoisotopic (exact) mass is 440 g/mol. The van der Waals surface area contributed by atoms with Gasteiger partial charge in [0.1, 0.15) is 5.75 Å². The van der Waals surface area contributed by atoms with E-state index in [0.29, 0.717) is 37.6 Å². The molecule has 150 valence electrons. The van der Waals surface area contributed by atoms with Gasteiger partial charge >= 0.3 is 5.97 Å². The van der Waals surface area contributed by atoms with Gasteiger partial charge in [-0.05, 0) is 31.9 Å². The van der Waals surface area contributed by atoms with Gasteiger partial charge in [-0.3, -0.25) is 9.59 Å². The Bertz CT molecular complexity index is 636. The molecule has 0 fully saturated rings. The number of carbonyl (C=O) groups is 2. The zero-order valence-electron chi connectivity index (χ0n) is 16.1. The SMILES string of the molecule is Br.CCOC(=O)CCCCCN1C=CN(CC(=O)c2cccc(OC)c2)C1. The molecule has 0 amide bonds. The molecular weight excluding hydrogens is 412 g/mol. The maximum Gasteiger partial charge on any atom is 0.305 e. The fourth-order valence-corrected chi connectivity index (χ4v) is 2.83. The fourth-order valence-electron chi connectivity index (χ4n) is 2.83. The number of carbonyl (C=O) groups excluding carboxylic acids is 2. The minimum Gasteiger partial charge on any atom is -0.497 e. The Balaban J connectivity index is 0.00000364. The van der Waals surface area contributed by atoms with Gasteiger partial charge in [0.15, 0.2) is 5.78 Å². The molecular formula is C20H29BrN2O4. The van der Waals surface area contributed by atoms with E-state index in [-0.39, 0.29) is 28.7 Å². The second kappa shape index (κ2) is 12.4. The maximum absolute atomic E-state index is 12.4. The summed E-state index contributed by atoms with van der Waals surface area (Å²) in [5, 5.41) is 0. The predicted octanol–water partition coefficient (Wildman–Crippen LogP) is 3.63. The quantitative estimate of drug-likeness (QED) is 0.297. The number of esters is 1. The second-order valence-electron chi connectivity index (χ2n) is 6.27. The van der Waals surface area contributed by atoms with Crippen molar-refractivity contribution in [2.45, 2.75) is 32.6 Å². The largest absolute Gasteiger partial charge is 0.497 e. The lowest BCUT2D eigenvalue weighted by Gasteiger charge is -2.20. The Kier molecular flexibility index (Phi) is 10.6. The van der Waals surface area contributed by atoms with Gasteiger partial charge in [-0.2, -0.15) is 0 Å². The van der Waals surface area contributed by atoms with Gasteiger partial charge in [-0.1, -0.05) is 18.6 Å². The predicted molar refractivity (Wildman–Crippen MR) is 110 cm³/mol. The zero-order chi connectivity index (χ0) is 18.8. The van der Waals surface area contributed by atoms with Crippen LogP contribution in [0.5, 0.6) is 5.75 Å². The molecule has 2 rings (SSSR count). The van der Waals surface area contributed by atoms with Crippen LogP contribution in [-0.4, -0.2) is 55.0 Å². The lowest BCUT2D eigenvalue weighted by Crippen LogP contribution is -2.30. The highest BCUT2D eigenvalue weighted by atomic mass is 79.9. The third-order valence-corrected chi connectivity index (χ3v) is 4.22. The molecule has 0 atom stereocenters. The number of hydrogen-bond donors (Lipinski definition) is 0. The van der Waals surface area contributed by atoms with Crippen LogP contribution in [0.4, 0.5) is 0 Å². The number of nitrogens with zero attached hydrogens (tertiary/aromatic N) is 2. The lowest BCUT2D eigenvalue weighted by atomic mass is 10.1. The van der Waals surface area contributed by atoms with E-state index in [9.17, 15) is 9.59 Å². The Morgan fingerprint density at radius 3 is 2.63 bits per heavy atom. The minimum absolute atomic E-state index is 0. The second-order valence-corrected chi connectivity index (χ2v) is 6.27. The lowest BCUT2D eigenvalue weighted by molar-refractivity contribution is -0.143. The summed E-state index contributed by atoms with van der Waals surface area (Å²) in [7, 11) is 1.59. The number of hydrogen-bond acceptors (Lipinski definition) is 6. The van der Waals surface area contributed by atoms with Gasteiger partial charge in [-0.15, -0.1) is 17.0 Å². The highest BCUT2D eigenvalue weighted by Crippen LogP contribution is 2.15. The van der Waals surface area contributed by atoms with Gasteiger partial charge < -0.3 is 19.3 Å². The summed E-state index contributed by atoms with van der Waals surface area (Å²) in [6.07, 6.45) is 7.33. The summed E-state index contributed by atoms with van der Waals surface area (Å²) >= 11 is 0. The molecule has 0 aliphatic carbocycles. The van der Waals surface area contributed by atoms with Crippen LogP contribution in [0.3, 0.4) is 0 Å². The first-order valence-electron chi connectivity index (χ1n) is 9.11. The molecule has 0 saturated heterocycles. The highest BCUT2D eigenvalue weighted by Gasteiger charge is 2.16. The smallest absolute Gasteiger partial charge is 0.305 e. The average molecular weight is 441 g/mol. The van der Waals surface area contributed by atoms with E-state index in [1.54, 1.807) is 13.2 Å². The topological polar surface area (TPSA) is 59.1 Å². The number of unbranched alkanes of at least 4 members (excludes halogenated alkanes) is 2. The van der Waals surface area contributed by atoms with E-state index < -0.39 is 0 Å². The van der Waals surface area contributed by atoms with E-state index in [1.165, 1.54) is 0 Å². The summed E-state index contributed by atoms with van der Waals surface area (Å²) in [5.41, 5.74) is 0.662. The van der Waals surface area contributed by atoms with Gasteiger partial charge in [0.25, 0.3) is 0 Å². The van der Waals surface area contributed by atoms with Crippen LogP contribution < -0.4 is 4.74 Å². The number of benzene rings is 1. The molecule has 0 unspecified atom stereocenters. The van der Waals surface area contributed by atoms with Crippen LogP contribution in [0, 0.1) is 0 Å². The maximum atomic E-state index is 12.4. The molecule has 1 aliphatic rings. The summed E-state index contributed by atoms with van der Waals surface area (Å²) in [4.78, 5) is 27.9. The molecule has 0 saturated carbocycles. The summed E-state index contributed by atoms with van der Waals surface area (Å²) in [6.45, 7) is 4.25. The summed E-state index contributed by atoms with van der Waals surface area (Å²) < 4.78 is 10.1. The molecule has 1 aromatic carbocycles. The van der Waals surface area contributed by atoms with E-state index in [1.807, 2.05) is 42.4 Å². The number of ketones is 1. The van der Waals surface area contributed by atoms with E-state index in [4.69, 9.17) is 9.47 Å². The number of ether oxygens (including phenoxy) is 2. The molecule has 1 heterocycles. The van der Waals surface area contributed by atoms with Crippen LogP contribution in [0.15, 0.2) is 36.7 Å². The van der Waals surface area contributed by atoms with Crippen molar-refractivity contribution in [2.24, 2.45) is 0 Å². The molecule has 0 radical (unpaired) electrons. The first-order valence-corrected chi connectivity index (χ1v) is 9.11. The minimum atomic E-state index is -0.115. The van der Waals surface area contributed by atoms with Crippen LogP contribution >= 0.6 is 17.0 Å². The van der Waals surface area contributed by atoms with Crippen molar-refractivity contribution in [3.8, 4) is 5.75 Å². The molecule has 6 nitrogen and oxygen atoms in total. The molecule has 0 aromatic heterocycles. The Morgan fingerprint density at radius 1 is 1.11 bits per heavy atom. The molecule has 27 heavy (non-hydrogen) atoms. The normalized spacial score (nSPS) is 12.7. The third-order valence-electron chi connectivity index (χ3n) is 4.22. The first-order chi connectivity index (χ1) is 12.6. The number of Topliss-reactive ketones (excluding diaryl/α,β-unsaturated/α-hetero) is 1. The number of halogens is 1. The third kappa shape index (κ3) is 8.03. The molecule has 7 heteroatoms. The summed E-state index contributed by atoms with van der Waals surface area (Å²) in [6, 6.07) is 7.24. The zero-order valence-corrected chi connectivity index (χ0v) is 17.8. The standard InChI is InChI=1S/C20H28N2O4.BrH/c1-3-26-20(24)10-5-4-6-11-21-12-13-22(16-21)15-19(23)17-8-7-9-18(14-17)25-2;/h7-9,12-14H,3-6,10-11,15-16H2,1-2H3;1H. The van der Waals surface area contributed by atoms with Crippen LogP contribution in [-0.2, 0) is 9.53 Å². The van der Waals surface area contributed by atoms with Crippen molar-refractivity contribution >= 4 is 28.7 Å². The first kappa shape index (κ1) is 23.0. The molecule has 0 bridgehead atoms. The van der Waals surface area contributed by atoms with Crippen molar-refractivity contribution in [3.05, 3.63) is 42.2 Å². The van der Waals surface area contributed by atoms with Gasteiger partial charge in [-0.25, -0.2) is 0 Å². The van der Waals surface area contributed by atoms with Crippen molar-refractivity contribution in [1.29, 1.82) is 0 Å². The molecule has 0 N–H and O–H groups in total. The van der Waals surface area contributed by atoms with E-state index in [0.717, 1.165) is 25.8 Å². The molecule has 1 aliphatic heterocycles. The van der Waals surface area contributed by atoms with Gasteiger partial charge in [0.05, 0.1) is 26.9 Å². The fraction of sp³-hybridized carbons (Fsp3) is 0.500. The summed E-state index contributed by atoms with van der Waals surface area (Å²) in [5.74, 6) is 0.651. The Hall–Kier alpha value is -2.02. The highest BCUT2D eigenvalue weighted by molar-refractivity contribution is 8.93. The Morgan fingerprint density at radius 2 is 1.89 bits per heavy atom. The average Bonchev–Trinajstić information content (AvgIpc) is 3.09. The Labute approximate surface area is 171 Å². The van der Waals surface area contributed by atoms with E-state index in [2.05, 4.69) is 4.90 Å².